The molecular formula is C21H24N4. The predicted octanol–water partition coefficient (Wildman–Crippen LogP) is 4.05. The summed E-state index contributed by atoms with van der Waals surface area (Å²) in [7, 11) is 0. The molecule has 1 N–H and O–H groups in total. The molecule has 1 aliphatic carbocycles. The van der Waals surface area contributed by atoms with Crippen LogP contribution in [0.3, 0.4) is 0 Å². The average molecular weight is 332 g/mol. The third-order valence-electron chi connectivity index (χ3n) is 5.07. The Hall–Kier alpha value is -2.46. The molecule has 3 aromatic rings. The maximum absolute atomic E-state index is 4.69. The fourth-order valence-corrected chi connectivity index (χ4v) is 3.71. The van der Waals surface area contributed by atoms with Crippen LogP contribution in [0, 0.1) is 0 Å². The molecule has 0 radical (unpaired) electrons. The number of nitrogens with one attached hydrogen (secondary N) is 1. The van der Waals surface area contributed by atoms with Crippen molar-refractivity contribution in [2.75, 3.05) is 0 Å². The molecule has 4 rings (SSSR count). The standard InChI is InChI=1S/C21H24N4/c1-16(18-9-6-12-22-13-18)24-20-10-5-11-21-19(20)14-23-25(21)15-17-7-3-2-4-8-17/h2-4,6-9,12-14,16,20,24H,5,10-11,15H2,1H3/t16-,20-/m0/s1. The van der Waals surface area contributed by atoms with E-state index in [-0.39, 0.29) is 6.04 Å². The van der Waals surface area contributed by atoms with Crippen LogP contribution in [0.2, 0.25) is 0 Å². The van der Waals surface area contributed by atoms with E-state index in [9.17, 15) is 0 Å². The summed E-state index contributed by atoms with van der Waals surface area (Å²) in [5.74, 6) is 0. The van der Waals surface area contributed by atoms with Crippen LogP contribution in [0.15, 0.2) is 61.1 Å². The highest BCUT2D eigenvalue weighted by molar-refractivity contribution is 5.27. The summed E-state index contributed by atoms with van der Waals surface area (Å²) < 4.78 is 2.17. The minimum Gasteiger partial charge on any atom is -0.303 e. The zero-order valence-corrected chi connectivity index (χ0v) is 14.6. The molecule has 2 atom stereocenters. The van der Waals surface area contributed by atoms with Crippen molar-refractivity contribution >= 4 is 0 Å². The molecule has 0 saturated heterocycles. The van der Waals surface area contributed by atoms with Crippen LogP contribution in [-0.2, 0) is 13.0 Å². The lowest BCUT2D eigenvalue weighted by Gasteiger charge is -2.27. The van der Waals surface area contributed by atoms with Crippen molar-refractivity contribution in [1.29, 1.82) is 0 Å². The minimum atomic E-state index is 0.280. The zero-order chi connectivity index (χ0) is 17.1. The summed E-state index contributed by atoms with van der Waals surface area (Å²) in [6.45, 7) is 3.06. The van der Waals surface area contributed by atoms with Crippen molar-refractivity contribution in [1.82, 2.24) is 20.1 Å². The van der Waals surface area contributed by atoms with E-state index in [1.54, 1.807) is 0 Å². The van der Waals surface area contributed by atoms with Crippen LogP contribution in [0.4, 0.5) is 0 Å². The number of rotatable bonds is 5. The van der Waals surface area contributed by atoms with Gasteiger partial charge in [-0.15, -0.1) is 0 Å². The Morgan fingerprint density at radius 3 is 2.84 bits per heavy atom. The first-order valence-electron chi connectivity index (χ1n) is 9.06. The summed E-state index contributed by atoms with van der Waals surface area (Å²) in [4.78, 5) is 4.24. The minimum absolute atomic E-state index is 0.280. The normalized spacial score (nSPS) is 17.9. The molecule has 0 unspecified atom stereocenters. The van der Waals surface area contributed by atoms with Gasteiger partial charge in [-0.3, -0.25) is 9.67 Å². The Labute approximate surface area is 148 Å². The fourth-order valence-electron chi connectivity index (χ4n) is 3.71. The third kappa shape index (κ3) is 3.49. The van der Waals surface area contributed by atoms with E-state index in [4.69, 9.17) is 0 Å². The molecular weight excluding hydrogens is 308 g/mol. The van der Waals surface area contributed by atoms with Gasteiger partial charge in [0, 0.05) is 35.7 Å². The molecule has 0 fully saturated rings. The fraction of sp³-hybridized carbons (Fsp3) is 0.333. The van der Waals surface area contributed by atoms with E-state index in [1.165, 1.54) is 28.8 Å². The maximum Gasteiger partial charge on any atom is 0.0662 e. The summed E-state index contributed by atoms with van der Waals surface area (Å²) in [6, 6.07) is 15.3. The van der Waals surface area contributed by atoms with Crippen molar-refractivity contribution in [2.45, 2.75) is 44.8 Å². The smallest absolute Gasteiger partial charge is 0.0662 e. The van der Waals surface area contributed by atoms with Crippen molar-refractivity contribution in [3.63, 3.8) is 0 Å². The Kier molecular flexibility index (Phi) is 4.61. The molecule has 0 saturated carbocycles. The molecule has 0 bridgehead atoms. The first kappa shape index (κ1) is 16.0. The highest BCUT2D eigenvalue weighted by atomic mass is 15.3. The molecule has 2 aromatic heterocycles. The van der Waals surface area contributed by atoms with Gasteiger partial charge in [-0.2, -0.15) is 5.10 Å². The van der Waals surface area contributed by atoms with Gasteiger partial charge in [0.2, 0.25) is 0 Å². The number of benzene rings is 1. The van der Waals surface area contributed by atoms with Crippen molar-refractivity contribution in [2.24, 2.45) is 0 Å². The second kappa shape index (κ2) is 7.19. The highest BCUT2D eigenvalue weighted by Gasteiger charge is 2.25. The van der Waals surface area contributed by atoms with E-state index in [1.807, 2.05) is 18.5 Å². The Bertz CT molecular complexity index is 810. The SMILES string of the molecule is C[C@H](N[C@H]1CCCc2c1cnn2Cc1ccccc1)c1cccnc1. The Morgan fingerprint density at radius 1 is 1.16 bits per heavy atom. The summed E-state index contributed by atoms with van der Waals surface area (Å²) >= 11 is 0. The second-order valence-electron chi connectivity index (χ2n) is 6.81. The molecule has 2 heterocycles. The molecule has 4 heteroatoms. The van der Waals surface area contributed by atoms with Gasteiger partial charge in [0.15, 0.2) is 0 Å². The van der Waals surface area contributed by atoms with Gasteiger partial charge in [-0.1, -0.05) is 36.4 Å². The highest BCUT2D eigenvalue weighted by Crippen LogP contribution is 2.32. The molecule has 4 nitrogen and oxygen atoms in total. The van der Waals surface area contributed by atoms with Gasteiger partial charge < -0.3 is 5.32 Å². The summed E-state index contributed by atoms with van der Waals surface area (Å²) in [5, 5.41) is 8.46. The van der Waals surface area contributed by atoms with Crippen molar-refractivity contribution < 1.29 is 0 Å². The first-order valence-corrected chi connectivity index (χ1v) is 9.06. The lowest BCUT2D eigenvalue weighted by molar-refractivity contribution is 0.409. The molecule has 0 spiro atoms. The zero-order valence-electron chi connectivity index (χ0n) is 14.6. The van der Waals surface area contributed by atoms with Gasteiger partial charge >= 0.3 is 0 Å². The molecule has 128 valence electrons. The van der Waals surface area contributed by atoms with Crippen molar-refractivity contribution in [3.8, 4) is 0 Å². The van der Waals surface area contributed by atoms with E-state index in [0.29, 0.717) is 6.04 Å². The van der Waals surface area contributed by atoms with Gasteiger partial charge in [-0.05, 0) is 43.4 Å². The number of aromatic nitrogens is 3. The molecule has 0 amide bonds. The van der Waals surface area contributed by atoms with Crippen LogP contribution in [-0.4, -0.2) is 14.8 Å². The number of pyridine rings is 1. The largest absolute Gasteiger partial charge is 0.303 e. The van der Waals surface area contributed by atoms with Crippen LogP contribution in [0.25, 0.3) is 0 Å². The maximum atomic E-state index is 4.69. The molecule has 1 aliphatic rings. The number of nitrogens with zero attached hydrogens (tertiary/aromatic N) is 3. The van der Waals surface area contributed by atoms with Gasteiger partial charge in [0.05, 0.1) is 12.7 Å². The lowest BCUT2D eigenvalue weighted by atomic mass is 9.92. The monoisotopic (exact) mass is 332 g/mol. The third-order valence-corrected chi connectivity index (χ3v) is 5.07. The number of hydrogen-bond acceptors (Lipinski definition) is 3. The van der Waals surface area contributed by atoms with Gasteiger partial charge in [-0.25, -0.2) is 0 Å². The lowest BCUT2D eigenvalue weighted by Crippen LogP contribution is -2.28. The van der Waals surface area contributed by atoms with Crippen LogP contribution >= 0.6 is 0 Å². The van der Waals surface area contributed by atoms with Gasteiger partial charge in [0.1, 0.15) is 0 Å². The first-order chi connectivity index (χ1) is 12.3. The Balaban J connectivity index is 1.53. The van der Waals surface area contributed by atoms with E-state index < -0.39 is 0 Å². The topological polar surface area (TPSA) is 42.7 Å². The Morgan fingerprint density at radius 2 is 2.04 bits per heavy atom. The van der Waals surface area contributed by atoms with Crippen LogP contribution < -0.4 is 5.32 Å². The predicted molar refractivity (Wildman–Crippen MR) is 99.2 cm³/mol. The summed E-state index contributed by atoms with van der Waals surface area (Å²) in [5.41, 5.74) is 5.27. The van der Waals surface area contributed by atoms with Crippen LogP contribution in [0.1, 0.15) is 54.2 Å². The molecule has 1 aromatic carbocycles. The average Bonchev–Trinajstić information content (AvgIpc) is 3.07. The van der Waals surface area contributed by atoms with E-state index in [0.717, 1.165) is 19.4 Å². The molecule has 25 heavy (non-hydrogen) atoms. The van der Waals surface area contributed by atoms with E-state index >= 15 is 0 Å². The number of fused-ring (bicyclic) bond motifs is 1. The molecule has 0 aliphatic heterocycles. The van der Waals surface area contributed by atoms with Crippen LogP contribution in [0.5, 0.6) is 0 Å². The summed E-state index contributed by atoms with van der Waals surface area (Å²) in [6.07, 6.45) is 9.30. The quantitative estimate of drug-likeness (QED) is 0.766. The van der Waals surface area contributed by atoms with Gasteiger partial charge in [0.25, 0.3) is 0 Å². The second-order valence-corrected chi connectivity index (χ2v) is 6.81. The number of hydrogen-bond donors (Lipinski definition) is 1. The van der Waals surface area contributed by atoms with Crippen molar-refractivity contribution in [3.05, 3.63) is 83.4 Å². The van der Waals surface area contributed by atoms with E-state index in [2.05, 4.69) is 69.6 Å².